The van der Waals surface area contributed by atoms with Crippen molar-refractivity contribution in [3.8, 4) is 0 Å². The van der Waals surface area contributed by atoms with Crippen LogP contribution in [0.25, 0.3) is 0 Å². The van der Waals surface area contributed by atoms with Crippen molar-refractivity contribution in [1.82, 2.24) is 5.32 Å². The molecule has 7 atom stereocenters. The number of amides is 1. The van der Waals surface area contributed by atoms with Gasteiger partial charge >= 0.3 is 0 Å². The molecule has 7 unspecified atom stereocenters. The van der Waals surface area contributed by atoms with Crippen molar-refractivity contribution in [2.75, 3.05) is 13.2 Å². The number of aliphatic hydroxyl groups excluding tert-OH is 5. The maximum Gasteiger partial charge on any atom is 0.220 e. The Morgan fingerprint density at radius 2 is 0.826 bits per heavy atom. The van der Waals surface area contributed by atoms with Gasteiger partial charge in [-0.2, -0.15) is 0 Å². The molecular weight excluding hydrogens is 863 g/mol. The second-order valence-electron chi connectivity index (χ2n) is 20.8. The Labute approximate surface area is 425 Å². The standard InChI is InChI=1S/C60H113NO8/c1-3-5-7-9-11-13-15-17-19-21-23-25-27-29-31-33-35-37-39-41-43-45-47-49-54(63)53(52-68-60-59(67)58(66)57(65)55(51-62)69-60)61-56(64)50-48-46-44-42-40-38-36-34-32-30-28-26-24-22-20-18-16-14-12-10-8-6-4-2/h22,24,39,41,47,49,53-55,57-60,62-63,65-67H,3-21,23,25-38,40,42-46,48,50-52H2,1-2H3,(H,61,64)/b24-22-,41-39+,49-47+. The number of unbranched alkanes of at least 4 members (excludes halogenated alkanes) is 37. The van der Waals surface area contributed by atoms with Crippen LogP contribution in [0.2, 0.25) is 0 Å². The zero-order valence-electron chi connectivity index (χ0n) is 45.1. The molecule has 9 heteroatoms. The summed E-state index contributed by atoms with van der Waals surface area (Å²) in [6.45, 7) is 3.80. The summed E-state index contributed by atoms with van der Waals surface area (Å²) in [5, 5.41) is 54.5. The Morgan fingerprint density at radius 3 is 1.22 bits per heavy atom. The van der Waals surface area contributed by atoms with Gasteiger partial charge in [-0.1, -0.05) is 256 Å². The molecule has 0 aromatic rings. The van der Waals surface area contributed by atoms with Gasteiger partial charge in [-0.15, -0.1) is 0 Å². The third-order valence-electron chi connectivity index (χ3n) is 14.2. The van der Waals surface area contributed by atoms with E-state index < -0.39 is 49.5 Å². The molecule has 0 bridgehead atoms. The minimum atomic E-state index is -1.57. The first-order valence-corrected chi connectivity index (χ1v) is 29.7. The highest BCUT2D eigenvalue weighted by molar-refractivity contribution is 5.76. The summed E-state index contributed by atoms with van der Waals surface area (Å²) < 4.78 is 11.3. The Kier molecular flexibility index (Phi) is 47.4. The summed E-state index contributed by atoms with van der Waals surface area (Å²) >= 11 is 0. The van der Waals surface area contributed by atoms with Crippen molar-refractivity contribution in [2.45, 2.75) is 326 Å². The number of carbonyl (C=O) groups excluding carboxylic acids is 1. The number of ether oxygens (including phenoxy) is 2. The summed E-state index contributed by atoms with van der Waals surface area (Å²) in [5.74, 6) is -0.184. The highest BCUT2D eigenvalue weighted by atomic mass is 16.7. The first kappa shape index (κ1) is 65.4. The quantitative estimate of drug-likeness (QED) is 0.0261. The first-order chi connectivity index (χ1) is 33.8. The van der Waals surface area contributed by atoms with Crippen LogP contribution in [0.5, 0.6) is 0 Å². The Balaban J connectivity index is 2.24. The number of hydrogen-bond donors (Lipinski definition) is 6. The molecule has 1 aliphatic heterocycles. The molecule has 1 saturated heterocycles. The van der Waals surface area contributed by atoms with Gasteiger partial charge in [0.15, 0.2) is 6.29 Å². The number of carbonyl (C=O) groups is 1. The van der Waals surface area contributed by atoms with Gasteiger partial charge in [0, 0.05) is 6.42 Å². The lowest BCUT2D eigenvalue weighted by molar-refractivity contribution is -0.302. The number of hydrogen-bond acceptors (Lipinski definition) is 8. The second-order valence-corrected chi connectivity index (χ2v) is 20.8. The predicted molar refractivity (Wildman–Crippen MR) is 290 cm³/mol. The monoisotopic (exact) mass is 976 g/mol. The number of nitrogens with one attached hydrogen (secondary N) is 1. The molecule has 9 nitrogen and oxygen atoms in total. The minimum absolute atomic E-state index is 0.184. The predicted octanol–water partition coefficient (Wildman–Crippen LogP) is 14.7. The second kappa shape index (κ2) is 50.0. The van der Waals surface area contributed by atoms with E-state index in [1.807, 2.05) is 6.08 Å². The third kappa shape index (κ3) is 39.6. The van der Waals surface area contributed by atoms with Crippen LogP contribution < -0.4 is 5.32 Å². The fourth-order valence-corrected chi connectivity index (χ4v) is 9.46. The zero-order valence-corrected chi connectivity index (χ0v) is 45.1. The van der Waals surface area contributed by atoms with E-state index in [0.29, 0.717) is 6.42 Å². The van der Waals surface area contributed by atoms with Gasteiger partial charge in [-0.05, 0) is 57.8 Å². The molecular formula is C60H113NO8. The molecule has 0 saturated carbocycles. The molecule has 69 heavy (non-hydrogen) atoms. The molecule has 0 aromatic heterocycles. The van der Waals surface area contributed by atoms with E-state index >= 15 is 0 Å². The average Bonchev–Trinajstić information content (AvgIpc) is 3.35. The van der Waals surface area contributed by atoms with Crippen LogP contribution in [0.4, 0.5) is 0 Å². The van der Waals surface area contributed by atoms with Gasteiger partial charge < -0.3 is 40.3 Å². The molecule has 0 radical (unpaired) electrons. The molecule has 1 rings (SSSR count). The van der Waals surface area contributed by atoms with Gasteiger partial charge in [-0.25, -0.2) is 0 Å². The minimum Gasteiger partial charge on any atom is -0.394 e. The smallest absolute Gasteiger partial charge is 0.220 e. The van der Waals surface area contributed by atoms with Gasteiger partial charge in [0.1, 0.15) is 24.4 Å². The Hall–Kier alpha value is -1.59. The van der Waals surface area contributed by atoms with Crippen molar-refractivity contribution >= 4 is 5.91 Å². The first-order valence-electron chi connectivity index (χ1n) is 29.7. The Bertz CT molecular complexity index is 1180. The molecule has 6 N–H and O–H groups in total. The van der Waals surface area contributed by atoms with E-state index in [0.717, 1.165) is 38.5 Å². The van der Waals surface area contributed by atoms with Crippen molar-refractivity contribution in [3.05, 3.63) is 36.5 Å². The zero-order chi connectivity index (χ0) is 50.1. The fraction of sp³-hybridized carbons (Fsp3) is 0.883. The summed E-state index contributed by atoms with van der Waals surface area (Å²) in [4.78, 5) is 13.1. The van der Waals surface area contributed by atoms with E-state index in [9.17, 15) is 30.3 Å². The summed E-state index contributed by atoms with van der Waals surface area (Å²) in [5.41, 5.74) is 0. The molecule has 1 aliphatic rings. The highest BCUT2D eigenvalue weighted by Gasteiger charge is 2.44. The lowest BCUT2D eigenvalue weighted by atomic mass is 9.99. The molecule has 1 amide bonds. The third-order valence-corrected chi connectivity index (χ3v) is 14.2. The van der Waals surface area contributed by atoms with Crippen LogP contribution in [0, 0.1) is 0 Å². The van der Waals surface area contributed by atoms with Crippen LogP contribution in [0.1, 0.15) is 284 Å². The van der Waals surface area contributed by atoms with Gasteiger partial charge in [0.05, 0.1) is 25.4 Å². The van der Waals surface area contributed by atoms with E-state index in [1.165, 1.54) is 225 Å². The summed E-state index contributed by atoms with van der Waals surface area (Å²) in [6.07, 6.45) is 57.9. The van der Waals surface area contributed by atoms with Crippen molar-refractivity contribution in [2.24, 2.45) is 0 Å². The average molecular weight is 977 g/mol. The lowest BCUT2D eigenvalue weighted by Crippen LogP contribution is -2.60. The van der Waals surface area contributed by atoms with Gasteiger partial charge in [-0.3, -0.25) is 4.79 Å². The largest absolute Gasteiger partial charge is 0.394 e. The van der Waals surface area contributed by atoms with E-state index in [-0.39, 0.29) is 12.5 Å². The van der Waals surface area contributed by atoms with E-state index in [2.05, 4.69) is 43.5 Å². The SMILES string of the molecule is CCCCCCCCCC/C=C\CCCCCCCCCCCCCC(=O)NC(COC1OC(CO)C(O)C(O)C1O)C(O)/C=C/CC/C=C/CCCCCCCCCCCCCCCCCCC. The van der Waals surface area contributed by atoms with Crippen LogP contribution in [0.15, 0.2) is 36.5 Å². The van der Waals surface area contributed by atoms with Gasteiger partial charge in [0.2, 0.25) is 5.91 Å². The maximum atomic E-state index is 13.1. The van der Waals surface area contributed by atoms with Crippen LogP contribution in [0.3, 0.4) is 0 Å². The number of aliphatic hydroxyl groups is 5. The molecule has 0 spiro atoms. The number of rotatable bonds is 51. The lowest BCUT2D eigenvalue weighted by Gasteiger charge is -2.40. The normalized spacial score (nSPS) is 19.7. The van der Waals surface area contributed by atoms with Crippen molar-refractivity contribution < 1.29 is 39.8 Å². The van der Waals surface area contributed by atoms with Crippen LogP contribution in [-0.2, 0) is 14.3 Å². The molecule has 0 aliphatic carbocycles. The molecule has 1 fully saturated rings. The highest BCUT2D eigenvalue weighted by Crippen LogP contribution is 2.23. The van der Waals surface area contributed by atoms with Crippen molar-refractivity contribution in [1.29, 1.82) is 0 Å². The van der Waals surface area contributed by atoms with Crippen LogP contribution >= 0.6 is 0 Å². The van der Waals surface area contributed by atoms with E-state index in [1.54, 1.807) is 6.08 Å². The van der Waals surface area contributed by atoms with Crippen molar-refractivity contribution in [3.63, 3.8) is 0 Å². The van der Waals surface area contributed by atoms with E-state index in [4.69, 9.17) is 9.47 Å². The summed E-state index contributed by atoms with van der Waals surface area (Å²) in [6, 6.07) is -0.822. The molecule has 0 aromatic carbocycles. The summed E-state index contributed by atoms with van der Waals surface area (Å²) in [7, 11) is 0. The number of allylic oxidation sites excluding steroid dienone is 5. The molecule has 406 valence electrons. The topological polar surface area (TPSA) is 149 Å². The van der Waals surface area contributed by atoms with Gasteiger partial charge in [0.25, 0.3) is 0 Å². The van der Waals surface area contributed by atoms with Crippen LogP contribution in [-0.4, -0.2) is 87.5 Å². The fourth-order valence-electron chi connectivity index (χ4n) is 9.46. The molecule has 1 heterocycles. The maximum absolute atomic E-state index is 13.1. The Morgan fingerprint density at radius 1 is 0.478 bits per heavy atom.